The Hall–Kier alpha value is -2.71. The average Bonchev–Trinajstić information content (AvgIpc) is 2.56. The second kappa shape index (κ2) is 8.66. The third kappa shape index (κ3) is 5.20. The smallest absolute Gasteiger partial charge is 0.319 e. The van der Waals surface area contributed by atoms with E-state index in [-0.39, 0.29) is 6.03 Å². The van der Waals surface area contributed by atoms with Crippen molar-refractivity contribution in [3.63, 3.8) is 0 Å². The maximum absolute atomic E-state index is 11.8. The number of carbonyl (C=O) groups is 1. The van der Waals surface area contributed by atoms with Crippen molar-refractivity contribution in [3.05, 3.63) is 59.1 Å². The molecule has 0 bridgehead atoms. The summed E-state index contributed by atoms with van der Waals surface area (Å²) in [5, 5.41) is 14.9. The Morgan fingerprint density at radius 2 is 1.91 bits per heavy atom. The van der Waals surface area contributed by atoms with Crippen LogP contribution in [0.4, 0.5) is 10.5 Å². The largest absolute Gasteiger partial charge is 0.492 e. The minimum absolute atomic E-state index is 0.356. The Morgan fingerprint density at radius 1 is 1.17 bits per heavy atom. The van der Waals surface area contributed by atoms with Crippen LogP contribution in [-0.2, 0) is 0 Å². The summed E-state index contributed by atoms with van der Waals surface area (Å²) in [6, 6.07) is 15.7. The van der Waals surface area contributed by atoms with E-state index in [0.717, 1.165) is 0 Å². The molecule has 0 aliphatic rings. The molecule has 0 spiro atoms. The van der Waals surface area contributed by atoms with Crippen molar-refractivity contribution in [1.82, 2.24) is 5.32 Å². The molecule has 0 saturated carbocycles. The van der Waals surface area contributed by atoms with Crippen LogP contribution in [0.5, 0.6) is 5.75 Å². The highest BCUT2D eigenvalue weighted by Crippen LogP contribution is 2.22. The quantitative estimate of drug-likeness (QED) is 0.791. The number of amides is 2. The third-order valence-electron chi connectivity index (χ3n) is 3.00. The molecule has 0 saturated heterocycles. The lowest BCUT2D eigenvalue weighted by atomic mass is 10.2. The fourth-order valence-corrected chi connectivity index (χ4v) is 2.06. The summed E-state index contributed by atoms with van der Waals surface area (Å²) < 4.78 is 5.53. The molecule has 0 unspecified atom stereocenters. The monoisotopic (exact) mass is 329 g/mol. The summed E-state index contributed by atoms with van der Waals surface area (Å²) in [6.07, 6.45) is 0.637. The van der Waals surface area contributed by atoms with Crippen LogP contribution in [0.1, 0.15) is 12.0 Å². The van der Waals surface area contributed by atoms with Crippen molar-refractivity contribution in [3.8, 4) is 11.8 Å². The first-order valence-electron chi connectivity index (χ1n) is 7.12. The van der Waals surface area contributed by atoms with E-state index < -0.39 is 0 Å². The molecule has 2 aromatic rings. The normalized spacial score (nSPS) is 9.74. The minimum Gasteiger partial charge on any atom is -0.492 e. The van der Waals surface area contributed by atoms with Gasteiger partial charge in [0.1, 0.15) is 11.8 Å². The van der Waals surface area contributed by atoms with Crippen molar-refractivity contribution in [1.29, 1.82) is 5.26 Å². The van der Waals surface area contributed by atoms with Crippen molar-refractivity contribution in [2.75, 3.05) is 18.5 Å². The lowest BCUT2D eigenvalue weighted by Gasteiger charge is -2.10. The van der Waals surface area contributed by atoms with E-state index in [2.05, 4.69) is 10.6 Å². The molecule has 0 fully saturated rings. The summed E-state index contributed by atoms with van der Waals surface area (Å²) in [5.74, 6) is 0.626. The maximum atomic E-state index is 11.8. The van der Waals surface area contributed by atoms with Crippen molar-refractivity contribution >= 4 is 23.3 Å². The molecule has 0 heterocycles. The molecule has 23 heavy (non-hydrogen) atoms. The van der Waals surface area contributed by atoms with Gasteiger partial charge in [0.2, 0.25) is 0 Å². The van der Waals surface area contributed by atoms with E-state index in [4.69, 9.17) is 21.6 Å². The Morgan fingerprint density at radius 3 is 2.70 bits per heavy atom. The van der Waals surface area contributed by atoms with Gasteiger partial charge in [-0.1, -0.05) is 35.9 Å². The van der Waals surface area contributed by atoms with Gasteiger partial charge in [-0.3, -0.25) is 0 Å². The number of hydrogen-bond acceptors (Lipinski definition) is 3. The number of benzene rings is 2. The Labute approximate surface area is 139 Å². The molecular weight excluding hydrogens is 314 g/mol. The fourth-order valence-electron chi connectivity index (χ4n) is 1.87. The SMILES string of the molecule is N#Cc1ccccc1NC(=O)NCCCOc1ccccc1Cl. The summed E-state index contributed by atoms with van der Waals surface area (Å²) in [4.78, 5) is 11.8. The van der Waals surface area contributed by atoms with Gasteiger partial charge in [0.15, 0.2) is 0 Å². The predicted molar refractivity (Wildman–Crippen MR) is 89.7 cm³/mol. The minimum atomic E-state index is -0.356. The molecule has 0 atom stereocenters. The first-order valence-corrected chi connectivity index (χ1v) is 7.50. The van der Waals surface area contributed by atoms with Crippen LogP contribution < -0.4 is 15.4 Å². The first kappa shape index (κ1) is 16.7. The molecule has 118 valence electrons. The lowest BCUT2D eigenvalue weighted by Crippen LogP contribution is -2.30. The van der Waals surface area contributed by atoms with Gasteiger partial charge >= 0.3 is 6.03 Å². The maximum Gasteiger partial charge on any atom is 0.319 e. The zero-order chi connectivity index (χ0) is 16.5. The van der Waals surface area contributed by atoms with Crippen LogP contribution in [0.15, 0.2) is 48.5 Å². The number of para-hydroxylation sites is 2. The van der Waals surface area contributed by atoms with E-state index in [1.807, 2.05) is 18.2 Å². The zero-order valence-corrected chi connectivity index (χ0v) is 13.1. The van der Waals surface area contributed by atoms with E-state index in [1.54, 1.807) is 36.4 Å². The number of nitrogens with one attached hydrogen (secondary N) is 2. The number of urea groups is 1. The molecule has 2 N–H and O–H groups in total. The van der Waals surface area contributed by atoms with Gasteiger partial charge in [-0.25, -0.2) is 4.79 Å². The van der Waals surface area contributed by atoms with Gasteiger partial charge in [0.25, 0.3) is 0 Å². The van der Waals surface area contributed by atoms with E-state index >= 15 is 0 Å². The number of nitriles is 1. The average molecular weight is 330 g/mol. The molecule has 0 aliphatic heterocycles. The topological polar surface area (TPSA) is 74.2 Å². The second-order valence-electron chi connectivity index (χ2n) is 4.67. The fraction of sp³-hybridized carbons (Fsp3) is 0.176. The van der Waals surface area contributed by atoms with Crippen molar-refractivity contribution in [2.45, 2.75) is 6.42 Å². The van der Waals surface area contributed by atoms with Crippen LogP contribution in [0.3, 0.4) is 0 Å². The number of halogens is 1. The van der Waals surface area contributed by atoms with E-state index in [1.165, 1.54) is 0 Å². The van der Waals surface area contributed by atoms with Gasteiger partial charge in [-0.15, -0.1) is 0 Å². The van der Waals surface area contributed by atoms with Crippen LogP contribution in [-0.4, -0.2) is 19.2 Å². The molecule has 2 rings (SSSR count). The van der Waals surface area contributed by atoms with E-state index in [9.17, 15) is 4.79 Å². The summed E-state index contributed by atoms with van der Waals surface area (Å²) in [6.45, 7) is 0.893. The third-order valence-corrected chi connectivity index (χ3v) is 3.31. The van der Waals surface area contributed by atoms with Crippen LogP contribution in [0.25, 0.3) is 0 Å². The predicted octanol–water partition coefficient (Wildman–Crippen LogP) is 3.80. The van der Waals surface area contributed by atoms with Gasteiger partial charge in [0.05, 0.1) is 22.9 Å². The number of anilines is 1. The van der Waals surface area contributed by atoms with Gasteiger partial charge < -0.3 is 15.4 Å². The number of ether oxygens (including phenoxy) is 1. The van der Waals surface area contributed by atoms with Crippen LogP contribution >= 0.6 is 11.6 Å². The van der Waals surface area contributed by atoms with Crippen LogP contribution in [0.2, 0.25) is 5.02 Å². The molecule has 0 aliphatic carbocycles. The standard InChI is InChI=1S/C17H16ClN3O2/c18-14-7-2-4-9-16(14)23-11-5-10-20-17(22)21-15-8-3-1-6-13(15)12-19/h1-4,6-9H,5,10-11H2,(H2,20,21,22). The van der Waals surface area contributed by atoms with E-state index in [0.29, 0.717) is 41.6 Å². The number of rotatable bonds is 6. The number of carbonyl (C=O) groups excluding carboxylic acids is 1. The molecule has 0 radical (unpaired) electrons. The second-order valence-corrected chi connectivity index (χ2v) is 5.08. The number of nitrogens with zero attached hydrogens (tertiary/aromatic N) is 1. The Kier molecular flexibility index (Phi) is 6.28. The summed E-state index contributed by atoms with van der Waals surface area (Å²) >= 11 is 5.98. The van der Waals surface area contributed by atoms with Crippen molar-refractivity contribution in [2.24, 2.45) is 0 Å². The molecular formula is C17H16ClN3O2. The summed E-state index contributed by atoms with van der Waals surface area (Å²) in [7, 11) is 0. The number of hydrogen-bond donors (Lipinski definition) is 2. The lowest BCUT2D eigenvalue weighted by molar-refractivity contribution is 0.250. The highest BCUT2D eigenvalue weighted by molar-refractivity contribution is 6.32. The molecule has 5 nitrogen and oxygen atoms in total. The summed E-state index contributed by atoms with van der Waals surface area (Å²) in [5.41, 5.74) is 0.907. The van der Waals surface area contributed by atoms with Gasteiger partial charge in [-0.2, -0.15) is 5.26 Å². The molecule has 2 amide bonds. The first-order chi connectivity index (χ1) is 11.2. The van der Waals surface area contributed by atoms with Crippen molar-refractivity contribution < 1.29 is 9.53 Å². The Bertz CT molecular complexity index is 713. The van der Waals surface area contributed by atoms with Gasteiger partial charge in [-0.05, 0) is 30.7 Å². The van der Waals surface area contributed by atoms with Gasteiger partial charge in [0, 0.05) is 6.54 Å². The highest BCUT2D eigenvalue weighted by atomic mass is 35.5. The molecule has 6 heteroatoms. The zero-order valence-electron chi connectivity index (χ0n) is 12.4. The molecule has 0 aromatic heterocycles. The molecule has 2 aromatic carbocycles. The highest BCUT2D eigenvalue weighted by Gasteiger charge is 2.05. The Balaban J connectivity index is 1.69. The van der Waals surface area contributed by atoms with Crippen LogP contribution in [0, 0.1) is 11.3 Å².